The van der Waals surface area contributed by atoms with Gasteiger partial charge in [0.2, 0.25) is 5.91 Å². The monoisotopic (exact) mass is 371 g/mol. The first-order chi connectivity index (χ1) is 12.6. The molecule has 0 atom stereocenters. The second-order valence-corrected chi connectivity index (χ2v) is 7.42. The lowest BCUT2D eigenvalue weighted by Crippen LogP contribution is -2.31. The molecule has 2 aromatic carbocycles. The minimum Gasteiger partial charge on any atom is -0.326 e. The molecule has 1 aliphatic rings. The van der Waals surface area contributed by atoms with E-state index in [9.17, 15) is 14.9 Å². The van der Waals surface area contributed by atoms with Gasteiger partial charge < -0.3 is 5.32 Å². The van der Waals surface area contributed by atoms with Crippen molar-refractivity contribution in [2.45, 2.75) is 13.0 Å². The number of nitrogens with one attached hydrogen (secondary N) is 1. The standard InChI is InChI=1S/C19H21N3O3S/c23-19(13-16-5-1-2-7-18(16)22(24)25)20-17-6-3-4-15(12-17)14-21-8-10-26-11-9-21/h1-7,12H,8-11,13-14H2,(H,20,23). The summed E-state index contributed by atoms with van der Waals surface area (Å²) in [6, 6.07) is 14.1. The average molecular weight is 371 g/mol. The molecule has 26 heavy (non-hydrogen) atoms. The molecule has 0 unspecified atom stereocenters. The fourth-order valence-corrected chi connectivity index (χ4v) is 3.96. The average Bonchev–Trinajstić information content (AvgIpc) is 2.63. The van der Waals surface area contributed by atoms with E-state index in [4.69, 9.17) is 0 Å². The summed E-state index contributed by atoms with van der Waals surface area (Å²) >= 11 is 1.98. The van der Waals surface area contributed by atoms with Crippen LogP contribution in [0.5, 0.6) is 0 Å². The predicted molar refractivity (Wildman–Crippen MR) is 104 cm³/mol. The Hall–Kier alpha value is -2.38. The Morgan fingerprint density at radius 3 is 2.69 bits per heavy atom. The van der Waals surface area contributed by atoms with E-state index in [1.165, 1.54) is 6.07 Å². The number of benzene rings is 2. The second-order valence-electron chi connectivity index (χ2n) is 6.20. The number of para-hydroxylation sites is 1. The fraction of sp³-hybridized carbons (Fsp3) is 0.316. The number of hydrogen-bond acceptors (Lipinski definition) is 5. The molecule has 0 bridgehead atoms. The van der Waals surface area contributed by atoms with Gasteiger partial charge in [-0.25, -0.2) is 0 Å². The van der Waals surface area contributed by atoms with Crippen LogP contribution in [0.1, 0.15) is 11.1 Å². The molecule has 0 saturated carbocycles. The van der Waals surface area contributed by atoms with E-state index in [1.54, 1.807) is 18.2 Å². The van der Waals surface area contributed by atoms with Gasteiger partial charge in [0, 0.05) is 48.5 Å². The zero-order chi connectivity index (χ0) is 18.4. The summed E-state index contributed by atoms with van der Waals surface area (Å²) in [5.74, 6) is 2.06. The maximum atomic E-state index is 12.3. The largest absolute Gasteiger partial charge is 0.326 e. The summed E-state index contributed by atoms with van der Waals surface area (Å²) in [6.07, 6.45) is -0.0231. The molecule has 6 nitrogen and oxygen atoms in total. The number of nitro benzene ring substituents is 1. The van der Waals surface area contributed by atoms with Crippen LogP contribution >= 0.6 is 11.8 Å². The number of amides is 1. The number of hydrogen-bond donors (Lipinski definition) is 1. The number of anilines is 1. The molecule has 1 amide bonds. The van der Waals surface area contributed by atoms with Crippen molar-refractivity contribution in [2.24, 2.45) is 0 Å². The molecule has 3 rings (SSSR count). The number of nitro groups is 1. The van der Waals surface area contributed by atoms with Gasteiger partial charge in [0.25, 0.3) is 5.69 Å². The van der Waals surface area contributed by atoms with Crippen molar-refractivity contribution in [3.63, 3.8) is 0 Å². The van der Waals surface area contributed by atoms with Crippen molar-refractivity contribution in [3.8, 4) is 0 Å². The summed E-state index contributed by atoms with van der Waals surface area (Å²) in [5.41, 5.74) is 2.26. The SMILES string of the molecule is O=C(Cc1ccccc1[N+](=O)[O-])Nc1cccc(CN2CCSCC2)c1. The Morgan fingerprint density at radius 1 is 1.15 bits per heavy atom. The van der Waals surface area contributed by atoms with Gasteiger partial charge in [-0.05, 0) is 17.7 Å². The lowest BCUT2D eigenvalue weighted by molar-refractivity contribution is -0.385. The summed E-state index contributed by atoms with van der Waals surface area (Å²) in [5, 5.41) is 13.9. The highest BCUT2D eigenvalue weighted by atomic mass is 32.2. The van der Waals surface area contributed by atoms with Crippen LogP contribution in [0.2, 0.25) is 0 Å². The van der Waals surface area contributed by atoms with Crippen molar-refractivity contribution in [1.29, 1.82) is 0 Å². The van der Waals surface area contributed by atoms with Gasteiger partial charge in [-0.1, -0.05) is 30.3 Å². The van der Waals surface area contributed by atoms with Gasteiger partial charge in [-0.3, -0.25) is 19.8 Å². The quantitative estimate of drug-likeness (QED) is 0.623. The molecule has 0 radical (unpaired) electrons. The molecule has 1 N–H and O–H groups in total. The molecule has 0 aromatic heterocycles. The topological polar surface area (TPSA) is 75.5 Å². The zero-order valence-corrected chi connectivity index (χ0v) is 15.2. The first-order valence-corrected chi connectivity index (χ1v) is 9.68. The number of rotatable bonds is 6. The third-order valence-electron chi connectivity index (χ3n) is 4.26. The van der Waals surface area contributed by atoms with Crippen molar-refractivity contribution < 1.29 is 9.72 Å². The lowest BCUT2D eigenvalue weighted by Gasteiger charge is -2.26. The Morgan fingerprint density at radius 2 is 1.92 bits per heavy atom. The molecular weight excluding hydrogens is 350 g/mol. The molecule has 7 heteroatoms. The first-order valence-electron chi connectivity index (χ1n) is 8.53. The van der Waals surface area contributed by atoms with Crippen molar-refractivity contribution in [2.75, 3.05) is 29.9 Å². The minimum absolute atomic E-state index is 0.0231. The number of carbonyl (C=O) groups excluding carboxylic acids is 1. The van der Waals surface area contributed by atoms with Crippen LogP contribution in [0.3, 0.4) is 0 Å². The van der Waals surface area contributed by atoms with E-state index in [0.717, 1.165) is 42.4 Å². The number of nitrogens with zero attached hydrogens (tertiary/aromatic N) is 2. The second kappa shape index (κ2) is 8.82. The van der Waals surface area contributed by atoms with E-state index in [0.29, 0.717) is 5.56 Å². The van der Waals surface area contributed by atoms with E-state index in [2.05, 4.69) is 16.3 Å². The van der Waals surface area contributed by atoms with Crippen LogP contribution in [0.4, 0.5) is 11.4 Å². The van der Waals surface area contributed by atoms with Crippen LogP contribution < -0.4 is 5.32 Å². The van der Waals surface area contributed by atoms with Crippen LogP contribution in [0, 0.1) is 10.1 Å². The van der Waals surface area contributed by atoms with Gasteiger partial charge in [0.05, 0.1) is 11.3 Å². The lowest BCUT2D eigenvalue weighted by atomic mass is 10.1. The highest BCUT2D eigenvalue weighted by Crippen LogP contribution is 2.20. The molecule has 0 aliphatic carbocycles. The van der Waals surface area contributed by atoms with Crippen LogP contribution in [-0.2, 0) is 17.8 Å². The van der Waals surface area contributed by atoms with E-state index < -0.39 is 4.92 Å². The molecule has 1 saturated heterocycles. The van der Waals surface area contributed by atoms with Crippen molar-refractivity contribution in [1.82, 2.24) is 4.90 Å². The van der Waals surface area contributed by atoms with Crippen LogP contribution in [-0.4, -0.2) is 40.3 Å². The maximum Gasteiger partial charge on any atom is 0.273 e. The summed E-state index contributed by atoms with van der Waals surface area (Å²) in [7, 11) is 0. The van der Waals surface area contributed by atoms with Gasteiger partial charge in [-0.2, -0.15) is 11.8 Å². The van der Waals surface area contributed by atoms with Gasteiger partial charge in [-0.15, -0.1) is 0 Å². The molecule has 2 aromatic rings. The summed E-state index contributed by atoms with van der Waals surface area (Å²) < 4.78 is 0. The number of carbonyl (C=O) groups is 1. The third kappa shape index (κ3) is 5.06. The Bertz CT molecular complexity index is 791. The summed E-state index contributed by atoms with van der Waals surface area (Å²) in [4.78, 5) is 25.3. The predicted octanol–water partition coefficient (Wildman–Crippen LogP) is 3.32. The van der Waals surface area contributed by atoms with Crippen LogP contribution in [0.15, 0.2) is 48.5 Å². The highest BCUT2D eigenvalue weighted by molar-refractivity contribution is 7.99. The smallest absolute Gasteiger partial charge is 0.273 e. The van der Waals surface area contributed by atoms with E-state index in [-0.39, 0.29) is 18.0 Å². The molecular formula is C19H21N3O3S. The number of thioether (sulfide) groups is 1. The zero-order valence-electron chi connectivity index (χ0n) is 14.4. The van der Waals surface area contributed by atoms with E-state index >= 15 is 0 Å². The fourth-order valence-electron chi connectivity index (χ4n) is 2.98. The van der Waals surface area contributed by atoms with Crippen LogP contribution in [0.25, 0.3) is 0 Å². The highest BCUT2D eigenvalue weighted by Gasteiger charge is 2.16. The molecule has 1 heterocycles. The van der Waals surface area contributed by atoms with Gasteiger partial charge in [0.1, 0.15) is 0 Å². The van der Waals surface area contributed by atoms with E-state index in [1.807, 2.05) is 30.0 Å². The Balaban J connectivity index is 1.62. The normalized spacial score (nSPS) is 14.8. The van der Waals surface area contributed by atoms with Crippen molar-refractivity contribution >= 4 is 29.0 Å². The Kier molecular flexibility index (Phi) is 6.25. The first kappa shape index (κ1) is 18.4. The molecule has 1 aliphatic heterocycles. The summed E-state index contributed by atoms with van der Waals surface area (Å²) in [6.45, 7) is 3.03. The molecule has 0 spiro atoms. The third-order valence-corrected chi connectivity index (χ3v) is 5.20. The van der Waals surface area contributed by atoms with Gasteiger partial charge in [0.15, 0.2) is 0 Å². The molecule has 136 valence electrons. The molecule has 1 fully saturated rings. The van der Waals surface area contributed by atoms with Gasteiger partial charge >= 0.3 is 0 Å². The Labute approximate surface area is 156 Å². The maximum absolute atomic E-state index is 12.3. The minimum atomic E-state index is -0.458. The van der Waals surface area contributed by atoms with Crippen molar-refractivity contribution in [3.05, 3.63) is 69.8 Å².